The fraction of sp³-hybridized carbons (Fsp3) is 0.450. The monoisotopic (exact) mass is 371 g/mol. The highest BCUT2D eigenvalue weighted by Gasteiger charge is 2.35. The number of amides is 2. The van der Waals surface area contributed by atoms with Crippen LogP contribution in [0.3, 0.4) is 0 Å². The number of carbonyl (C=O) groups excluding carboxylic acids is 2. The third-order valence-electron chi connectivity index (χ3n) is 4.43. The first-order valence-electron chi connectivity index (χ1n) is 9.49. The fourth-order valence-electron chi connectivity index (χ4n) is 2.95. The normalized spacial score (nSPS) is 15.7. The number of cyclic esters (lactones) is 1. The van der Waals surface area contributed by atoms with Crippen molar-refractivity contribution < 1.29 is 19.1 Å². The van der Waals surface area contributed by atoms with E-state index in [4.69, 9.17) is 9.47 Å². The first-order chi connectivity index (χ1) is 13.2. The zero-order valence-electron chi connectivity index (χ0n) is 15.6. The van der Waals surface area contributed by atoms with E-state index in [1.54, 1.807) is 12.3 Å². The van der Waals surface area contributed by atoms with Crippen LogP contribution in [0, 0.1) is 0 Å². The molecule has 0 radical (unpaired) electrons. The first-order valence-corrected chi connectivity index (χ1v) is 9.49. The molecule has 2 aromatic heterocycles. The van der Waals surface area contributed by atoms with E-state index in [0.717, 1.165) is 37.1 Å². The van der Waals surface area contributed by atoms with Gasteiger partial charge < -0.3 is 13.9 Å². The number of nitrogens with zero attached hydrogens (tertiary/aromatic N) is 3. The summed E-state index contributed by atoms with van der Waals surface area (Å²) in [5.74, 6) is 0.550. The van der Waals surface area contributed by atoms with Crippen molar-refractivity contribution in [2.24, 2.45) is 0 Å². The maximum atomic E-state index is 12.3. The van der Waals surface area contributed by atoms with Gasteiger partial charge in [0.05, 0.1) is 6.61 Å². The Morgan fingerprint density at radius 1 is 1.19 bits per heavy atom. The van der Waals surface area contributed by atoms with E-state index >= 15 is 0 Å². The van der Waals surface area contributed by atoms with Crippen LogP contribution >= 0.6 is 0 Å². The van der Waals surface area contributed by atoms with E-state index in [1.807, 2.05) is 28.9 Å². The summed E-state index contributed by atoms with van der Waals surface area (Å²) in [4.78, 5) is 29.6. The summed E-state index contributed by atoms with van der Waals surface area (Å²) < 4.78 is 12.8. The molecule has 0 saturated carbocycles. The average molecular weight is 371 g/mol. The average Bonchev–Trinajstić information content (AvgIpc) is 3.25. The Morgan fingerprint density at radius 3 is 2.93 bits per heavy atom. The van der Waals surface area contributed by atoms with Crippen molar-refractivity contribution in [3.05, 3.63) is 42.6 Å². The molecule has 2 aromatic rings. The Labute approximate surface area is 158 Å². The minimum absolute atomic E-state index is 0.165. The molecule has 7 nitrogen and oxygen atoms in total. The second kappa shape index (κ2) is 9.21. The highest BCUT2D eigenvalue weighted by Crippen LogP contribution is 2.20. The number of fused-ring (bicyclic) bond motifs is 1. The molecule has 0 unspecified atom stereocenters. The predicted molar refractivity (Wildman–Crippen MR) is 100 cm³/mol. The van der Waals surface area contributed by atoms with Gasteiger partial charge in [0.25, 0.3) is 5.91 Å². The summed E-state index contributed by atoms with van der Waals surface area (Å²) in [6.07, 6.45) is 12.0. The van der Waals surface area contributed by atoms with Crippen LogP contribution in [0.15, 0.2) is 42.6 Å². The molecular weight excluding hydrogens is 346 g/mol. The molecule has 3 rings (SSSR count). The van der Waals surface area contributed by atoms with E-state index in [-0.39, 0.29) is 11.7 Å². The lowest BCUT2D eigenvalue weighted by Crippen LogP contribution is -2.30. The lowest BCUT2D eigenvalue weighted by molar-refractivity contribution is -0.123. The van der Waals surface area contributed by atoms with Crippen LogP contribution in [0.25, 0.3) is 5.65 Å². The first kappa shape index (κ1) is 18.9. The van der Waals surface area contributed by atoms with Gasteiger partial charge in [-0.3, -0.25) is 4.79 Å². The van der Waals surface area contributed by atoms with Gasteiger partial charge in [0.15, 0.2) is 17.2 Å². The van der Waals surface area contributed by atoms with Crippen LogP contribution in [-0.4, -0.2) is 39.4 Å². The summed E-state index contributed by atoms with van der Waals surface area (Å²) in [5, 5.41) is 0. The predicted octanol–water partition coefficient (Wildman–Crippen LogP) is 3.94. The summed E-state index contributed by atoms with van der Waals surface area (Å²) in [6.45, 7) is 2.94. The van der Waals surface area contributed by atoms with Gasteiger partial charge in [-0.1, -0.05) is 19.8 Å². The molecule has 27 heavy (non-hydrogen) atoms. The Bertz CT molecular complexity index is 827. The Morgan fingerprint density at radius 2 is 2.07 bits per heavy atom. The van der Waals surface area contributed by atoms with Crippen LogP contribution in [0.1, 0.15) is 45.4 Å². The summed E-state index contributed by atoms with van der Waals surface area (Å²) >= 11 is 0. The largest absolute Gasteiger partial charge is 0.490 e. The number of imide groups is 1. The molecule has 1 aliphatic heterocycles. The van der Waals surface area contributed by atoms with Gasteiger partial charge in [0.1, 0.15) is 0 Å². The topological polar surface area (TPSA) is 73.1 Å². The standard InChI is InChI=1S/C20H25N3O4/c1-2-3-4-5-9-17-19(24)23(20(25)27-17)13-6-7-15-26-16-10-8-12-22-14-11-21-18(16)22/h8-12,14H,2-7,13,15H2,1H3. The second-order valence-electron chi connectivity index (χ2n) is 6.48. The highest BCUT2D eigenvalue weighted by atomic mass is 16.6. The minimum Gasteiger partial charge on any atom is -0.490 e. The van der Waals surface area contributed by atoms with E-state index < -0.39 is 6.09 Å². The van der Waals surface area contributed by atoms with Crippen molar-refractivity contribution in [2.75, 3.05) is 13.2 Å². The number of allylic oxidation sites excluding steroid dienone is 1. The van der Waals surface area contributed by atoms with Crippen molar-refractivity contribution >= 4 is 17.6 Å². The lowest BCUT2D eigenvalue weighted by Gasteiger charge is -2.10. The third kappa shape index (κ3) is 4.67. The molecule has 0 atom stereocenters. The second-order valence-corrected chi connectivity index (χ2v) is 6.48. The highest BCUT2D eigenvalue weighted by molar-refractivity contribution is 6.07. The van der Waals surface area contributed by atoms with Gasteiger partial charge in [0.2, 0.25) is 0 Å². The lowest BCUT2D eigenvalue weighted by atomic mass is 10.2. The maximum absolute atomic E-state index is 12.3. The van der Waals surface area contributed by atoms with Crippen molar-refractivity contribution in [3.8, 4) is 5.75 Å². The van der Waals surface area contributed by atoms with Crippen molar-refractivity contribution in [1.82, 2.24) is 14.3 Å². The molecular formula is C20H25N3O4. The zero-order chi connectivity index (χ0) is 19.1. The minimum atomic E-state index is -0.579. The van der Waals surface area contributed by atoms with E-state index in [0.29, 0.717) is 26.0 Å². The zero-order valence-corrected chi connectivity index (χ0v) is 15.6. The van der Waals surface area contributed by atoms with Crippen LogP contribution in [0.5, 0.6) is 5.75 Å². The third-order valence-corrected chi connectivity index (χ3v) is 4.43. The number of rotatable bonds is 10. The van der Waals surface area contributed by atoms with E-state index in [9.17, 15) is 9.59 Å². The van der Waals surface area contributed by atoms with Gasteiger partial charge in [-0.25, -0.2) is 14.7 Å². The van der Waals surface area contributed by atoms with Gasteiger partial charge in [-0.15, -0.1) is 0 Å². The molecule has 3 heterocycles. The van der Waals surface area contributed by atoms with E-state index in [1.165, 1.54) is 4.90 Å². The number of hydrogen-bond acceptors (Lipinski definition) is 5. The number of hydrogen-bond donors (Lipinski definition) is 0. The molecule has 7 heteroatoms. The fourth-order valence-corrected chi connectivity index (χ4v) is 2.95. The number of pyridine rings is 1. The van der Waals surface area contributed by atoms with Crippen LogP contribution < -0.4 is 4.74 Å². The number of aromatic nitrogens is 2. The Hall–Kier alpha value is -2.83. The number of unbranched alkanes of at least 4 members (excludes halogenated alkanes) is 4. The van der Waals surface area contributed by atoms with Gasteiger partial charge in [-0.05, 0) is 43.9 Å². The van der Waals surface area contributed by atoms with Crippen LogP contribution in [0.2, 0.25) is 0 Å². The van der Waals surface area contributed by atoms with E-state index in [2.05, 4.69) is 11.9 Å². The van der Waals surface area contributed by atoms with Gasteiger partial charge in [0, 0.05) is 25.1 Å². The molecule has 2 amide bonds. The molecule has 0 N–H and O–H groups in total. The molecule has 1 saturated heterocycles. The number of imidazole rings is 1. The van der Waals surface area contributed by atoms with Crippen LogP contribution in [0.4, 0.5) is 4.79 Å². The Balaban J connectivity index is 1.41. The van der Waals surface area contributed by atoms with Crippen molar-refractivity contribution in [3.63, 3.8) is 0 Å². The molecule has 1 aliphatic rings. The van der Waals surface area contributed by atoms with Crippen molar-refractivity contribution in [2.45, 2.75) is 45.4 Å². The SMILES string of the molecule is CCCCCC=C1OC(=O)N(CCCCOc2cccn3ccnc23)C1=O. The molecule has 0 spiro atoms. The summed E-state index contributed by atoms with van der Waals surface area (Å²) in [5.41, 5.74) is 0.772. The van der Waals surface area contributed by atoms with Crippen molar-refractivity contribution in [1.29, 1.82) is 0 Å². The van der Waals surface area contributed by atoms with Gasteiger partial charge >= 0.3 is 6.09 Å². The molecule has 144 valence electrons. The number of ether oxygens (including phenoxy) is 2. The van der Waals surface area contributed by atoms with Gasteiger partial charge in [-0.2, -0.15) is 0 Å². The molecule has 1 fully saturated rings. The Kier molecular flexibility index (Phi) is 6.46. The quantitative estimate of drug-likeness (QED) is 0.467. The maximum Gasteiger partial charge on any atom is 0.422 e. The molecule has 0 aliphatic carbocycles. The molecule has 0 bridgehead atoms. The summed E-state index contributed by atoms with van der Waals surface area (Å²) in [7, 11) is 0. The number of carbonyl (C=O) groups is 2. The smallest absolute Gasteiger partial charge is 0.422 e. The van der Waals surface area contributed by atoms with Crippen LogP contribution in [-0.2, 0) is 9.53 Å². The summed E-state index contributed by atoms with van der Waals surface area (Å²) in [6, 6.07) is 3.77. The molecule has 0 aromatic carbocycles.